The van der Waals surface area contributed by atoms with Crippen LogP contribution in [-0.2, 0) is 4.79 Å². The molecule has 49 heavy (non-hydrogen) atoms. The molecule has 6 heterocycles. The Hall–Kier alpha value is -4.11. The van der Waals surface area contributed by atoms with E-state index in [9.17, 15) is 9.18 Å². The molecule has 2 aromatic carbocycles. The van der Waals surface area contributed by atoms with E-state index in [1.54, 1.807) is 35.4 Å². The molecule has 1 atom stereocenters. The Morgan fingerprint density at radius 1 is 1.08 bits per heavy atom. The van der Waals surface area contributed by atoms with Gasteiger partial charge in [0.05, 0.1) is 22.5 Å². The quantitative estimate of drug-likeness (QED) is 0.235. The molecule has 8 rings (SSSR count). The van der Waals surface area contributed by atoms with Crippen molar-refractivity contribution < 1.29 is 18.3 Å². The molecular weight excluding hydrogens is 648 g/mol. The summed E-state index contributed by atoms with van der Waals surface area (Å²) in [5.74, 6) is 4.84. The van der Waals surface area contributed by atoms with Gasteiger partial charge in [0.1, 0.15) is 29.5 Å². The summed E-state index contributed by atoms with van der Waals surface area (Å²) in [6.07, 6.45) is 7.76. The minimum atomic E-state index is -0.672. The predicted octanol–water partition coefficient (Wildman–Crippen LogP) is 5.53. The van der Waals surface area contributed by atoms with Gasteiger partial charge in [-0.25, -0.2) is 8.78 Å². The average molecular weight is 686 g/mol. The van der Waals surface area contributed by atoms with E-state index in [1.807, 2.05) is 11.9 Å². The Morgan fingerprint density at radius 3 is 2.67 bits per heavy atom. The fraction of sp³-hybridized carbons (Fsp3) is 0.459. The van der Waals surface area contributed by atoms with E-state index < -0.39 is 11.6 Å². The minimum Gasteiger partial charge on any atom is -0.461 e. The minimum absolute atomic E-state index is 0.00893. The van der Waals surface area contributed by atoms with Crippen molar-refractivity contribution in [3.8, 4) is 29.1 Å². The lowest BCUT2D eigenvalue weighted by atomic mass is 9.95. The summed E-state index contributed by atoms with van der Waals surface area (Å²) in [4.78, 5) is 35.4. The number of amides is 1. The Morgan fingerprint density at radius 2 is 1.90 bits per heavy atom. The third kappa shape index (κ3) is 5.83. The van der Waals surface area contributed by atoms with Crippen molar-refractivity contribution in [1.82, 2.24) is 29.7 Å². The second-order valence-corrected chi connectivity index (χ2v) is 14.1. The first-order chi connectivity index (χ1) is 23.8. The molecule has 0 aliphatic carbocycles. The van der Waals surface area contributed by atoms with Crippen molar-refractivity contribution in [3.05, 3.63) is 53.2 Å². The number of hydrogen-bond acceptors (Lipinski definition) is 8. The van der Waals surface area contributed by atoms with Crippen LogP contribution in [0.4, 0.5) is 14.6 Å². The fourth-order valence-corrected chi connectivity index (χ4v) is 8.24. The van der Waals surface area contributed by atoms with Gasteiger partial charge in [-0.05, 0) is 69.0 Å². The summed E-state index contributed by atoms with van der Waals surface area (Å²) >= 11 is 6.43. The molecule has 12 heteroatoms. The summed E-state index contributed by atoms with van der Waals surface area (Å²) < 4.78 is 37.8. The van der Waals surface area contributed by atoms with Crippen LogP contribution in [0.15, 0.2) is 36.5 Å². The van der Waals surface area contributed by atoms with E-state index in [0.29, 0.717) is 60.2 Å². The molecule has 0 spiro atoms. The van der Waals surface area contributed by atoms with E-state index in [2.05, 4.69) is 31.6 Å². The van der Waals surface area contributed by atoms with Gasteiger partial charge in [0.2, 0.25) is 0 Å². The average Bonchev–Trinajstić information content (AvgIpc) is 3.83. The second kappa shape index (κ2) is 13.0. The number of fused-ring (bicyclic) bond motifs is 3. The normalized spacial score (nSPS) is 20.3. The summed E-state index contributed by atoms with van der Waals surface area (Å²) in [6, 6.07) is 8.15. The smallest absolute Gasteiger partial charge is 0.319 e. The molecule has 0 N–H and O–H groups in total. The molecule has 254 valence electrons. The summed E-state index contributed by atoms with van der Waals surface area (Å²) in [7, 11) is 1.90. The molecule has 1 unspecified atom stereocenters. The van der Waals surface area contributed by atoms with Crippen LogP contribution in [0.2, 0.25) is 5.02 Å². The number of carbonyl (C=O) groups is 1. The van der Waals surface area contributed by atoms with Crippen LogP contribution in [0.5, 0.6) is 6.01 Å². The molecule has 9 nitrogen and oxygen atoms in total. The van der Waals surface area contributed by atoms with Gasteiger partial charge in [-0.2, -0.15) is 9.97 Å². The van der Waals surface area contributed by atoms with Crippen LogP contribution < -0.4 is 9.64 Å². The summed E-state index contributed by atoms with van der Waals surface area (Å²) in [5.41, 5.74) is 0.369. The number of anilines is 1. The number of aromatic nitrogens is 3. The lowest BCUT2D eigenvalue weighted by Crippen LogP contribution is -2.43. The first-order valence-corrected chi connectivity index (χ1v) is 17.5. The van der Waals surface area contributed by atoms with E-state index >= 15 is 4.39 Å². The number of likely N-dealkylation sites (N-methyl/N-ethyl adjacent to an activating group) is 1. The van der Waals surface area contributed by atoms with Crippen LogP contribution in [0.1, 0.15) is 38.5 Å². The molecule has 0 bridgehead atoms. The van der Waals surface area contributed by atoms with Crippen LogP contribution in [0.25, 0.3) is 32.9 Å². The van der Waals surface area contributed by atoms with E-state index in [0.717, 1.165) is 51.9 Å². The number of pyridine rings is 1. The fourth-order valence-electron chi connectivity index (χ4n) is 7.97. The molecule has 4 aliphatic heterocycles. The zero-order valence-corrected chi connectivity index (χ0v) is 28.3. The van der Waals surface area contributed by atoms with Gasteiger partial charge < -0.3 is 14.5 Å². The Labute approximate surface area is 289 Å². The van der Waals surface area contributed by atoms with Crippen molar-refractivity contribution in [2.45, 2.75) is 50.1 Å². The third-order valence-corrected chi connectivity index (χ3v) is 11.3. The highest BCUT2D eigenvalue weighted by atomic mass is 35.5. The van der Waals surface area contributed by atoms with Gasteiger partial charge in [-0.15, -0.1) is 0 Å². The van der Waals surface area contributed by atoms with Crippen LogP contribution in [0, 0.1) is 23.5 Å². The first kappa shape index (κ1) is 32.1. The maximum atomic E-state index is 16.8. The van der Waals surface area contributed by atoms with Gasteiger partial charge in [-0.1, -0.05) is 41.8 Å². The van der Waals surface area contributed by atoms with Crippen molar-refractivity contribution >= 4 is 45.0 Å². The third-order valence-electron chi connectivity index (χ3n) is 10.9. The Bertz CT molecular complexity index is 2000. The Balaban J connectivity index is 1.15. The van der Waals surface area contributed by atoms with Gasteiger partial charge >= 0.3 is 6.01 Å². The van der Waals surface area contributed by atoms with Crippen molar-refractivity contribution in [1.29, 1.82) is 0 Å². The van der Waals surface area contributed by atoms with Gasteiger partial charge in [0, 0.05) is 56.4 Å². The van der Waals surface area contributed by atoms with Crippen molar-refractivity contribution in [2.75, 3.05) is 64.4 Å². The molecule has 4 aromatic rings. The lowest BCUT2D eigenvalue weighted by molar-refractivity contribution is -0.124. The van der Waals surface area contributed by atoms with E-state index in [1.165, 1.54) is 12.5 Å². The SMILES string of the molecule is CN(c1nc(OCC23CCCN2CCC3)nc2c(F)c(-c3cccc4ccc(F)c(Cl)c34)ncc12)C1CCN(C(=O)C#CCN2CCC2)C1. The molecule has 4 saturated heterocycles. The van der Waals surface area contributed by atoms with Crippen LogP contribution >= 0.6 is 11.6 Å². The summed E-state index contributed by atoms with van der Waals surface area (Å²) in [6.45, 7) is 6.21. The number of nitrogens with zero attached hydrogens (tertiary/aromatic N) is 7. The maximum absolute atomic E-state index is 16.8. The highest BCUT2D eigenvalue weighted by Crippen LogP contribution is 2.41. The predicted molar refractivity (Wildman–Crippen MR) is 186 cm³/mol. The number of benzene rings is 2. The maximum Gasteiger partial charge on any atom is 0.319 e. The number of likely N-dealkylation sites (tertiary alicyclic amines) is 2. The molecule has 0 radical (unpaired) electrons. The Kier molecular flexibility index (Phi) is 8.50. The molecule has 4 fully saturated rings. The van der Waals surface area contributed by atoms with Crippen LogP contribution in [-0.4, -0.2) is 107 Å². The van der Waals surface area contributed by atoms with E-state index in [4.69, 9.17) is 21.3 Å². The summed E-state index contributed by atoms with van der Waals surface area (Å²) in [5, 5.41) is 1.36. The zero-order chi connectivity index (χ0) is 33.7. The molecule has 4 aliphatic rings. The number of halogens is 3. The lowest BCUT2D eigenvalue weighted by Gasteiger charge is -2.31. The second-order valence-electron chi connectivity index (χ2n) is 13.7. The molecule has 2 aromatic heterocycles. The highest BCUT2D eigenvalue weighted by molar-refractivity contribution is 6.36. The molecular formula is C37H38ClF2N7O2. The van der Waals surface area contributed by atoms with Gasteiger partial charge in [0.15, 0.2) is 5.82 Å². The number of carbonyl (C=O) groups excluding carboxylic acids is 1. The van der Waals surface area contributed by atoms with Crippen molar-refractivity contribution in [2.24, 2.45) is 0 Å². The highest BCUT2D eigenvalue weighted by Gasteiger charge is 2.45. The number of rotatable bonds is 7. The molecule has 1 amide bonds. The van der Waals surface area contributed by atoms with Gasteiger partial charge in [-0.3, -0.25) is 19.6 Å². The zero-order valence-electron chi connectivity index (χ0n) is 27.5. The van der Waals surface area contributed by atoms with E-state index in [-0.39, 0.29) is 39.7 Å². The largest absolute Gasteiger partial charge is 0.461 e. The standard InChI is InChI=1S/C37H38ClF2N7O2/c1-44(25-12-20-46(22-25)29(48)9-3-15-45-16-6-17-45)35-27-21-41-33(26-8-2-7-24-10-11-28(39)31(38)30(24)26)32(40)34(27)42-36(43-35)49-23-37-13-4-18-47(37)19-5-14-37/h2,7-8,10-11,21,25H,4-6,12-20,22-23H2,1H3. The number of ether oxygens (including phenoxy) is 1. The monoisotopic (exact) mass is 685 g/mol. The first-order valence-electron chi connectivity index (χ1n) is 17.2. The molecule has 0 saturated carbocycles. The van der Waals surface area contributed by atoms with Gasteiger partial charge in [0.25, 0.3) is 5.91 Å². The topological polar surface area (TPSA) is 77.9 Å². The number of hydrogen-bond donors (Lipinski definition) is 0. The van der Waals surface area contributed by atoms with Crippen LogP contribution in [0.3, 0.4) is 0 Å². The van der Waals surface area contributed by atoms with Crippen molar-refractivity contribution in [3.63, 3.8) is 0 Å².